The van der Waals surface area contributed by atoms with Crippen LogP contribution >= 0.6 is 0 Å². The van der Waals surface area contributed by atoms with Gasteiger partial charge >= 0.3 is 6.03 Å². The summed E-state index contributed by atoms with van der Waals surface area (Å²) in [6.45, 7) is 0. The third-order valence-electron chi connectivity index (χ3n) is 2.51. The average Bonchev–Trinajstić information content (AvgIpc) is 2.37. The summed E-state index contributed by atoms with van der Waals surface area (Å²) in [5, 5.41) is 5.02. The molecule has 0 saturated heterocycles. The molecule has 0 aliphatic rings. The molecule has 1 aromatic carbocycles. The van der Waals surface area contributed by atoms with E-state index in [0.717, 1.165) is 6.07 Å². The van der Waals surface area contributed by atoms with Crippen LogP contribution in [0.25, 0.3) is 0 Å². The first-order valence-electron chi connectivity index (χ1n) is 6.09. The molecule has 1 aromatic heterocycles. The lowest BCUT2D eigenvalue weighted by molar-refractivity contribution is -0.117. The third-order valence-corrected chi connectivity index (χ3v) is 2.51. The van der Waals surface area contributed by atoms with E-state index in [1.165, 1.54) is 18.3 Å². The highest BCUT2D eigenvalue weighted by Gasteiger charge is 2.07. The minimum Gasteiger partial charge on any atom is -0.369 e. The number of rotatable bonds is 4. The van der Waals surface area contributed by atoms with Crippen LogP contribution in [0.1, 0.15) is 5.56 Å². The molecule has 0 unspecified atom stereocenters. The fraction of sp³-hybridized carbons (Fsp3) is 0.0714. The van der Waals surface area contributed by atoms with Crippen LogP contribution in [0.2, 0.25) is 0 Å². The molecule has 6 nitrogen and oxygen atoms in total. The first-order chi connectivity index (χ1) is 10.0. The number of nitrogens with one attached hydrogen (secondary N) is 2. The maximum absolute atomic E-state index is 13.4. The van der Waals surface area contributed by atoms with Crippen LogP contribution in [0.4, 0.5) is 20.6 Å². The Labute approximate surface area is 120 Å². The first-order valence-corrected chi connectivity index (χ1v) is 6.09. The molecule has 0 aliphatic heterocycles. The number of nitrogens with zero attached hydrogens (tertiary/aromatic N) is 1. The zero-order valence-corrected chi connectivity index (χ0v) is 11.0. The van der Waals surface area contributed by atoms with Gasteiger partial charge in [0, 0.05) is 11.9 Å². The van der Waals surface area contributed by atoms with Crippen molar-refractivity contribution >= 4 is 23.3 Å². The van der Waals surface area contributed by atoms with Gasteiger partial charge < -0.3 is 16.4 Å². The Bertz CT molecular complexity index is 661. The molecule has 0 fully saturated rings. The number of hydrogen-bond donors (Lipinski definition) is 3. The van der Waals surface area contributed by atoms with E-state index in [-0.39, 0.29) is 12.1 Å². The van der Waals surface area contributed by atoms with Crippen LogP contribution in [-0.2, 0) is 11.2 Å². The lowest BCUT2D eigenvalue weighted by atomic mass is 10.1. The highest BCUT2D eigenvalue weighted by molar-refractivity contribution is 5.99. The Hall–Kier alpha value is -2.96. The number of urea groups is 1. The molecule has 0 bridgehead atoms. The Kier molecular flexibility index (Phi) is 4.45. The molecule has 21 heavy (non-hydrogen) atoms. The van der Waals surface area contributed by atoms with E-state index in [2.05, 4.69) is 15.6 Å². The van der Waals surface area contributed by atoms with Crippen LogP contribution < -0.4 is 16.4 Å². The number of pyridine rings is 1. The van der Waals surface area contributed by atoms with Gasteiger partial charge in [-0.25, -0.2) is 9.18 Å². The van der Waals surface area contributed by atoms with Gasteiger partial charge in [-0.15, -0.1) is 0 Å². The second-order valence-electron chi connectivity index (χ2n) is 4.31. The van der Waals surface area contributed by atoms with Crippen LogP contribution in [0.5, 0.6) is 0 Å². The van der Waals surface area contributed by atoms with Crippen molar-refractivity contribution < 1.29 is 14.0 Å². The fourth-order valence-electron chi connectivity index (χ4n) is 1.76. The summed E-state index contributed by atoms with van der Waals surface area (Å²) < 4.78 is 13.4. The summed E-state index contributed by atoms with van der Waals surface area (Å²) in [6, 6.07) is 6.61. The van der Waals surface area contributed by atoms with Crippen molar-refractivity contribution in [2.75, 3.05) is 10.6 Å². The van der Waals surface area contributed by atoms with E-state index in [4.69, 9.17) is 5.73 Å². The van der Waals surface area contributed by atoms with Gasteiger partial charge in [0.05, 0.1) is 18.3 Å². The second kappa shape index (κ2) is 6.47. The monoisotopic (exact) mass is 288 g/mol. The maximum Gasteiger partial charge on any atom is 0.323 e. The molecule has 7 heteroatoms. The zero-order valence-electron chi connectivity index (χ0n) is 11.0. The van der Waals surface area contributed by atoms with Crippen LogP contribution in [-0.4, -0.2) is 16.9 Å². The zero-order chi connectivity index (χ0) is 15.2. The molecule has 0 radical (unpaired) electrons. The number of halogens is 1. The number of nitrogens with two attached hydrogens (primary N) is 1. The molecular weight excluding hydrogens is 275 g/mol. The van der Waals surface area contributed by atoms with Crippen molar-refractivity contribution in [3.05, 3.63) is 54.1 Å². The lowest BCUT2D eigenvalue weighted by Crippen LogP contribution is -2.20. The van der Waals surface area contributed by atoms with Gasteiger partial charge in [-0.05, 0) is 35.9 Å². The smallest absolute Gasteiger partial charge is 0.323 e. The molecule has 2 rings (SSSR count). The van der Waals surface area contributed by atoms with Gasteiger partial charge in [0.15, 0.2) is 0 Å². The van der Waals surface area contributed by atoms with Gasteiger partial charge in [0.2, 0.25) is 5.91 Å². The van der Waals surface area contributed by atoms with Crippen molar-refractivity contribution in [1.82, 2.24) is 4.98 Å². The Balaban J connectivity index is 2.06. The van der Waals surface area contributed by atoms with Crippen molar-refractivity contribution in [2.45, 2.75) is 6.42 Å². The molecule has 4 N–H and O–H groups in total. The molecular formula is C14H13FN4O2. The molecule has 108 valence electrons. The number of carbonyl (C=O) groups is 2. The minimum atomic E-state index is -0.577. The molecule has 0 aliphatic carbocycles. The van der Waals surface area contributed by atoms with Gasteiger partial charge in [0.25, 0.3) is 0 Å². The van der Waals surface area contributed by atoms with E-state index in [1.807, 2.05) is 0 Å². The average molecular weight is 288 g/mol. The number of amides is 3. The van der Waals surface area contributed by atoms with Crippen molar-refractivity contribution in [1.29, 1.82) is 0 Å². The molecule has 1 heterocycles. The molecule has 3 amide bonds. The van der Waals surface area contributed by atoms with E-state index >= 15 is 0 Å². The topological polar surface area (TPSA) is 97.1 Å². The summed E-state index contributed by atoms with van der Waals surface area (Å²) in [5.41, 5.74) is 6.18. The SMILES string of the molecule is NC(=O)Cc1cc(F)cc(NC(=O)Nc2cccnc2)c1. The predicted molar refractivity (Wildman–Crippen MR) is 76.2 cm³/mol. The molecule has 0 atom stereocenters. The van der Waals surface area contributed by atoms with Gasteiger partial charge in [-0.2, -0.15) is 0 Å². The molecule has 2 aromatic rings. The van der Waals surface area contributed by atoms with E-state index in [1.54, 1.807) is 18.3 Å². The number of anilines is 2. The quantitative estimate of drug-likeness (QED) is 0.801. The summed E-state index contributed by atoms with van der Waals surface area (Å²) in [4.78, 5) is 26.5. The molecule has 0 saturated carbocycles. The summed E-state index contributed by atoms with van der Waals surface area (Å²) >= 11 is 0. The van der Waals surface area contributed by atoms with Crippen LogP contribution in [0, 0.1) is 5.82 Å². The highest BCUT2D eigenvalue weighted by atomic mass is 19.1. The van der Waals surface area contributed by atoms with Gasteiger partial charge in [0.1, 0.15) is 5.82 Å². The van der Waals surface area contributed by atoms with Crippen LogP contribution in [0.15, 0.2) is 42.7 Å². The number of hydrogen-bond acceptors (Lipinski definition) is 3. The third kappa shape index (κ3) is 4.57. The summed E-state index contributed by atoms with van der Waals surface area (Å²) in [6.07, 6.45) is 2.95. The van der Waals surface area contributed by atoms with Crippen LogP contribution in [0.3, 0.4) is 0 Å². The minimum absolute atomic E-state index is 0.101. The number of primary amides is 1. The van der Waals surface area contributed by atoms with E-state index in [0.29, 0.717) is 11.3 Å². The van der Waals surface area contributed by atoms with Gasteiger partial charge in [-0.3, -0.25) is 9.78 Å². The Morgan fingerprint density at radius 1 is 1.19 bits per heavy atom. The highest BCUT2D eigenvalue weighted by Crippen LogP contribution is 2.15. The summed E-state index contributed by atoms with van der Waals surface area (Å²) in [5.74, 6) is -1.14. The van der Waals surface area contributed by atoms with Crippen molar-refractivity contribution in [3.8, 4) is 0 Å². The van der Waals surface area contributed by atoms with Crippen molar-refractivity contribution in [3.63, 3.8) is 0 Å². The molecule has 0 spiro atoms. The fourth-order valence-corrected chi connectivity index (χ4v) is 1.76. The van der Waals surface area contributed by atoms with Gasteiger partial charge in [-0.1, -0.05) is 0 Å². The predicted octanol–water partition coefficient (Wildman–Crippen LogP) is 1.89. The normalized spacial score (nSPS) is 9.95. The van der Waals surface area contributed by atoms with E-state index < -0.39 is 17.8 Å². The van der Waals surface area contributed by atoms with Crippen molar-refractivity contribution in [2.24, 2.45) is 5.73 Å². The maximum atomic E-state index is 13.4. The Morgan fingerprint density at radius 2 is 1.95 bits per heavy atom. The largest absolute Gasteiger partial charge is 0.369 e. The second-order valence-corrected chi connectivity index (χ2v) is 4.31. The number of aromatic nitrogens is 1. The first kappa shape index (κ1) is 14.4. The number of benzene rings is 1. The summed E-state index contributed by atoms with van der Waals surface area (Å²) in [7, 11) is 0. The Morgan fingerprint density at radius 3 is 2.62 bits per heavy atom. The lowest BCUT2D eigenvalue weighted by Gasteiger charge is -2.09. The van der Waals surface area contributed by atoms with E-state index in [9.17, 15) is 14.0 Å². The number of carbonyl (C=O) groups excluding carboxylic acids is 2. The standard InChI is InChI=1S/C14H13FN4O2/c15-10-4-9(6-13(16)20)5-12(7-10)19-14(21)18-11-2-1-3-17-8-11/h1-5,7-8H,6H2,(H2,16,20)(H2,18,19,21).